The van der Waals surface area contributed by atoms with Gasteiger partial charge in [0.2, 0.25) is 0 Å². The Morgan fingerprint density at radius 3 is 2.85 bits per heavy atom. The largest absolute Gasteiger partial charge is 0.375 e. The van der Waals surface area contributed by atoms with Gasteiger partial charge in [-0.05, 0) is 19.1 Å². The second kappa shape index (κ2) is 5.51. The number of nitrogens with two attached hydrogens (primary N) is 1. The molecule has 0 spiro atoms. The van der Waals surface area contributed by atoms with Crippen molar-refractivity contribution in [1.82, 2.24) is 19.9 Å². The van der Waals surface area contributed by atoms with Gasteiger partial charge in [0, 0.05) is 6.20 Å². The quantitative estimate of drug-likeness (QED) is 0.586. The van der Waals surface area contributed by atoms with Gasteiger partial charge in [0.15, 0.2) is 15.9 Å². The summed E-state index contributed by atoms with van der Waals surface area (Å²) >= 11 is 8.74. The standard InChI is InChI=1S/C12H10ClN5S2/c1-6(8-3-2-7(13)4-15-8)19-12-16-5-9-10(18-12)17-11(14)20-9/h2-6H,1H3,(H2,14,16,17,18)/t6-/m0/s1. The zero-order chi connectivity index (χ0) is 14.1. The lowest BCUT2D eigenvalue weighted by atomic mass is 10.3. The summed E-state index contributed by atoms with van der Waals surface area (Å²) in [6.07, 6.45) is 3.39. The summed E-state index contributed by atoms with van der Waals surface area (Å²) in [6.45, 7) is 2.05. The van der Waals surface area contributed by atoms with Crippen molar-refractivity contribution in [2.75, 3.05) is 5.73 Å². The second-order valence-electron chi connectivity index (χ2n) is 4.05. The molecule has 0 fully saturated rings. The van der Waals surface area contributed by atoms with Crippen LogP contribution in [0.1, 0.15) is 17.9 Å². The summed E-state index contributed by atoms with van der Waals surface area (Å²) in [6, 6.07) is 3.73. The Labute approximate surface area is 128 Å². The van der Waals surface area contributed by atoms with Crippen LogP contribution in [-0.4, -0.2) is 19.9 Å². The number of nitrogens with zero attached hydrogens (tertiary/aromatic N) is 4. The van der Waals surface area contributed by atoms with Crippen molar-refractivity contribution in [2.45, 2.75) is 17.3 Å². The fraction of sp³-hybridized carbons (Fsp3) is 0.167. The zero-order valence-corrected chi connectivity index (χ0v) is 12.8. The van der Waals surface area contributed by atoms with E-state index in [4.69, 9.17) is 17.3 Å². The van der Waals surface area contributed by atoms with Crippen molar-refractivity contribution >= 4 is 50.2 Å². The van der Waals surface area contributed by atoms with Crippen LogP contribution in [0.3, 0.4) is 0 Å². The normalized spacial score (nSPS) is 12.7. The molecule has 0 aromatic carbocycles. The number of aromatic nitrogens is 4. The minimum atomic E-state index is 0.126. The van der Waals surface area contributed by atoms with E-state index in [1.165, 1.54) is 23.1 Å². The van der Waals surface area contributed by atoms with Crippen LogP contribution in [0.25, 0.3) is 10.3 Å². The summed E-state index contributed by atoms with van der Waals surface area (Å²) in [5, 5.41) is 1.91. The molecule has 3 heterocycles. The smallest absolute Gasteiger partial charge is 0.190 e. The van der Waals surface area contributed by atoms with Gasteiger partial charge in [0.25, 0.3) is 0 Å². The van der Waals surface area contributed by atoms with Crippen LogP contribution < -0.4 is 5.73 Å². The molecule has 0 aliphatic heterocycles. The number of hydrogen-bond acceptors (Lipinski definition) is 7. The van der Waals surface area contributed by atoms with Crippen molar-refractivity contribution < 1.29 is 0 Å². The van der Waals surface area contributed by atoms with Crippen LogP contribution in [0.5, 0.6) is 0 Å². The Hall–Kier alpha value is -1.44. The molecule has 0 saturated carbocycles. The number of nitrogen functional groups attached to an aromatic ring is 1. The number of pyridine rings is 1. The number of halogens is 1. The van der Waals surface area contributed by atoms with Gasteiger partial charge in [-0.15, -0.1) is 0 Å². The van der Waals surface area contributed by atoms with E-state index in [0.29, 0.717) is 21.0 Å². The molecule has 0 aliphatic rings. The molecule has 0 aliphatic carbocycles. The number of anilines is 1. The Bertz CT molecular complexity index is 743. The van der Waals surface area contributed by atoms with E-state index in [0.717, 1.165) is 10.4 Å². The second-order valence-corrected chi connectivity index (χ2v) is 6.86. The molecule has 0 amide bonds. The first-order chi connectivity index (χ1) is 9.61. The molecule has 0 radical (unpaired) electrons. The van der Waals surface area contributed by atoms with Crippen LogP contribution in [0, 0.1) is 0 Å². The van der Waals surface area contributed by atoms with Crippen molar-refractivity contribution in [2.24, 2.45) is 0 Å². The van der Waals surface area contributed by atoms with Crippen molar-refractivity contribution in [3.63, 3.8) is 0 Å². The van der Waals surface area contributed by atoms with E-state index < -0.39 is 0 Å². The fourth-order valence-electron chi connectivity index (χ4n) is 1.64. The molecule has 3 rings (SSSR count). The summed E-state index contributed by atoms with van der Waals surface area (Å²) < 4.78 is 0.893. The van der Waals surface area contributed by atoms with Crippen LogP contribution in [0.15, 0.2) is 29.7 Å². The molecule has 0 bridgehead atoms. The van der Waals surface area contributed by atoms with E-state index in [-0.39, 0.29) is 5.25 Å². The van der Waals surface area contributed by atoms with Gasteiger partial charge in [0.1, 0.15) is 0 Å². The summed E-state index contributed by atoms with van der Waals surface area (Å²) in [7, 11) is 0. The third-order valence-electron chi connectivity index (χ3n) is 2.59. The molecule has 102 valence electrons. The molecule has 1 atom stereocenters. The Balaban J connectivity index is 1.82. The molecule has 3 aromatic rings. The van der Waals surface area contributed by atoms with Crippen molar-refractivity contribution in [1.29, 1.82) is 0 Å². The van der Waals surface area contributed by atoms with Gasteiger partial charge >= 0.3 is 0 Å². The molecule has 0 unspecified atom stereocenters. The topological polar surface area (TPSA) is 77.6 Å². The maximum absolute atomic E-state index is 5.83. The van der Waals surface area contributed by atoms with Crippen LogP contribution >= 0.6 is 34.7 Å². The zero-order valence-electron chi connectivity index (χ0n) is 10.4. The average molecular weight is 324 g/mol. The molecule has 8 heteroatoms. The lowest BCUT2D eigenvalue weighted by Crippen LogP contribution is -1.95. The van der Waals surface area contributed by atoms with Gasteiger partial charge in [0.05, 0.1) is 26.9 Å². The van der Waals surface area contributed by atoms with Gasteiger partial charge in [-0.1, -0.05) is 34.7 Å². The molecule has 3 aromatic heterocycles. The average Bonchev–Trinajstić information content (AvgIpc) is 2.78. The predicted octanol–water partition coefficient (Wildman–Crippen LogP) is 3.57. The molecule has 5 nitrogen and oxygen atoms in total. The molecule has 20 heavy (non-hydrogen) atoms. The van der Waals surface area contributed by atoms with Gasteiger partial charge in [-0.25, -0.2) is 15.0 Å². The Morgan fingerprint density at radius 1 is 1.25 bits per heavy atom. The third kappa shape index (κ3) is 2.84. The van der Waals surface area contributed by atoms with E-state index in [1.54, 1.807) is 12.4 Å². The first kappa shape index (κ1) is 13.5. The molecule has 0 saturated heterocycles. The number of fused-ring (bicyclic) bond motifs is 1. The number of thioether (sulfide) groups is 1. The van der Waals surface area contributed by atoms with Crippen LogP contribution in [0.2, 0.25) is 5.02 Å². The van der Waals surface area contributed by atoms with E-state index in [9.17, 15) is 0 Å². The number of thiazole rings is 1. The predicted molar refractivity (Wildman–Crippen MR) is 83.1 cm³/mol. The highest BCUT2D eigenvalue weighted by atomic mass is 35.5. The van der Waals surface area contributed by atoms with Gasteiger partial charge in [-0.3, -0.25) is 4.98 Å². The lowest BCUT2D eigenvalue weighted by molar-refractivity contribution is 0.956. The van der Waals surface area contributed by atoms with E-state index >= 15 is 0 Å². The SMILES string of the molecule is C[C@H](Sc1ncc2sc(N)nc2n1)c1ccc(Cl)cn1. The number of hydrogen-bond donors (Lipinski definition) is 1. The van der Waals surface area contributed by atoms with Crippen LogP contribution in [0.4, 0.5) is 5.13 Å². The third-order valence-corrected chi connectivity index (χ3v) is 4.63. The molecular weight excluding hydrogens is 314 g/mol. The fourth-order valence-corrected chi connectivity index (χ4v) is 3.23. The Morgan fingerprint density at radius 2 is 2.10 bits per heavy atom. The highest BCUT2D eigenvalue weighted by molar-refractivity contribution is 7.99. The minimum Gasteiger partial charge on any atom is -0.375 e. The lowest BCUT2D eigenvalue weighted by Gasteiger charge is -2.08. The van der Waals surface area contributed by atoms with E-state index in [2.05, 4.69) is 19.9 Å². The Kier molecular flexibility index (Phi) is 3.73. The molecule has 2 N–H and O–H groups in total. The maximum Gasteiger partial charge on any atom is 0.190 e. The van der Waals surface area contributed by atoms with Gasteiger partial charge in [-0.2, -0.15) is 0 Å². The monoisotopic (exact) mass is 323 g/mol. The highest BCUT2D eigenvalue weighted by Gasteiger charge is 2.12. The minimum absolute atomic E-state index is 0.126. The maximum atomic E-state index is 5.83. The summed E-state index contributed by atoms with van der Waals surface area (Å²) in [5.41, 5.74) is 7.23. The van der Waals surface area contributed by atoms with Crippen LogP contribution in [-0.2, 0) is 0 Å². The molecular formula is C12H10ClN5S2. The van der Waals surface area contributed by atoms with Crippen molar-refractivity contribution in [3.8, 4) is 0 Å². The first-order valence-electron chi connectivity index (χ1n) is 5.79. The first-order valence-corrected chi connectivity index (χ1v) is 7.86. The van der Waals surface area contributed by atoms with E-state index in [1.807, 2.05) is 19.1 Å². The number of rotatable bonds is 3. The van der Waals surface area contributed by atoms with Crippen molar-refractivity contribution in [3.05, 3.63) is 35.2 Å². The van der Waals surface area contributed by atoms with Gasteiger partial charge < -0.3 is 5.73 Å². The summed E-state index contributed by atoms with van der Waals surface area (Å²) in [5.74, 6) is 0. The summed E-state index contributed by atoms with van der Waals surface area (Å²) in [4.78, 5) is 17.2. The highest BCUT2D eigenvalue weighted by Crippen LogP contribution is 2.33.